The third-order valence-corrected chi connectivity index (χ3v) is 3.77. The van der Waals surface area contributed by atoms with Crippen molar-refractivity contribution in [2.45, 2.75) is 9.79 Å². The van der Waals surface area contributed by atoms with E-state index < -0.39 is 10.8 Å². The molecule has 0 saturated carbocycles. The summed E-state index contributed by atoms with van der Waals surface area (Å²) >= 11 is 0. The molecule has 0 aliphatic rings. The lowest BCUT2D eigenvalue weighted by Crippen LogP contribution is -1.94. The fourth-order valence-electron chi connectivity index (χ4n) is 1.43. The van der Waals surface area contributed by atoms with Gasteiger partial charge in [-0.05, 0) is 48.5 Å². The van der Waals surface area contributed by atoms with Gasteiger partial charge >= 0.3 is 0 Å². The number of nitrogens with two attached hydrogens (primary N) is 1. The average Bonchev–Trinajstić information content (AvgIpc) is 2.39. The van der Waals surface area contributed by atoms with E-state index in [2.05, 4.69) is 0 Å². The Balaban J connectivity index is 2.27. The van der Waals surface area contributed by atoms with Crippen molar-refractivity contribution in [3.8, 4) is 5.75 Å². The van der Waals surface area contributed by atoms with Gasteiger partial charge in [-0.3, -0.25) is 0 Å². The molecule has 0 bridgehead atoms. The maximum absolute atomic E-state index is 12.2. The molecule has 2 aromatic rings. The second-order valence-corrected chi connectivity index (χ2v) is 4.99. The smallest absolute Gasteiger partial charge is 0.118 e. The van der Waals surface area contributed by atoms with Crippen LogP contribution >= 0.6 is 0 Å². The summed E-state index contributed by atoms with van der Waals surface area (Å²) in [7, 11) is 0.427. The third-order valence-electron chi connectivity index (χ3n) is 2.37. The predicted octanol–water partition coefficient (Wildman–Crippen LogP) is 2.44. The Kier molecular flexibility index (Phi) is 3.44. The first kappa shape index (κ1) is 11.7. The molecule has 1 unspecified atom stereocenters. The number of anilines is 1. The van der Waals surface area contributed by atoms with Gasteiger partial charge in [-0.1, -0.05) is 0 Å². The minimum atomic E-state index is -1.18. The second kappa shape index (κ2) is 5.01. The Morgan fingerprint density at radius 1 is 0.941 bits per heavy atom. The number of methoxy groups -OCH3 is 1. The van der Waals surface area contributed by atoms with Crippen LogP contribution in [0.25, 0.3) is 0 Å². The van der Waals surface area contributed by atoms with Gasteiger partial charge in [-0.15, -0.1) is 0 Å². The lowest BCUT2D eigenvalue weighted by Gasteiger charge is -2.04. The molecule has 0 saturated heterocycles. The van der Waals surface area contributed by atoms with Crippen LogP contribution in [0, 0.1) is 0 Å². The van der Waals surface area contributed by atoms with Crippen molar-refractivity contribution in [3.63, 3.8) is 0 Å². The zero-order valence-electron chi connectivity index (χ0n) is 9.42. The zero-order chi connectivity index (χ0) is 12.3. The molecular weight excluding hydrogens is 234 g/mol. The number of nitrogen functional groups attached to an aromatic ring is 1. The fourth-order valence-corrected chi connectivity index (χ4v) is 2.47. The van der Waals surface area contributed by atoms with Gasteiger partial charge in [0.1, 0.15) is 5.75 Å². The molecule has 17 heavy (non-hydrogen) atoms. The first-order valence-electron chi connectivity index (χ1n) is 5.12. The number of benzene rings is 2. The molecule has 0 heterocycles. The summed E-state index contributed by atoms with van der Waals surface area (Å²) in [6.45, 7) is 0. The monoisotopic (exact) mass is 247 g/mol. The minimum Gasteiger partial charge on any atom is -0.497 e. The van der Waals surface area contributed by atoms with Gasteiger partial charge in [-0.2, -0.15) is 0 Å². The van der Waals surface area contributed by atoms with Gasteiger partial charge in [0.2, 0.25) is 0 Å². The molecule has 2 aromatic carbocycles. The molecule has 0 aliphatic heterocycles. The van der Waals surface area contributed by atoms with Crippen molar-refractivity contribution < 1.29 is 8.95 Å². The first-order chi connectivity index (χ1) is 8.20. The Morgan fingerprint density at radius 3 is 1.88 bits per heavy atom. The van der Waals surface area contributed by atoms with E-state index in [1.165, 1.54) is 0 Å². The van der Waals surface area contributed by atoms with Gasteiger partial charge in [0.15, 0.2) is 0 Å². The lowest BCUT2D eigenvalue weighted by molar-refractivity contribution is 0.414. The third kappa shape index (κ3) is 2.65. The van der Waals surface area contributed by atoms with E-state index in [1.54, 1.807) is 55.6 Å². The zero-order valence-corrected chi connectivity index (χ0v) is 10.2. The summed E-state index contributed by atoms with van der Waals surface area (Å²) in [5.74, 6) is 0.753. The van der Waals surface area contributed by atoms with Crippen molar-refractivity contribution >= 4 is 16.5 Å². The van der Waals surface area contributed by atoms with Crippen LogP contribution in [0.4, 0.5) is 5.69 Å². The molecule has 1 atom stereocenters. The van der Waals surface area contributed by atoms with Crippen LogP contribution in [0.15, 0.2) is 58.3 Å². The van der Waals surface area contributed by atoms with E-state index in [-0.39, 0.29) is 0 Å². The van der Waals surface area contributed by atoms with Crippen molar-refractivity contribution in [1.82, 2.24) is 0 Å². The van der Waals surface area contributed by atoms with E-state index >= 15 is 0 Å². The number of hydrogen-bond donors (Lipinski definition) is 1. The Bertz CT molecular complexity index is 520. The normalized spacial score (nSPS) is 12.1. The predicted molar refractivity (Wildman–Crippen MR) is 68.5 cm³/mol. The average molecular weight is 247 g/mol. The maximum Gasteiger partial charge on any atom is 0.118 e. The van der Waals surface area contributed by atoms with Gasteiger partial charge in [0, 0.05) is 15.5 Å². The number of rotatable bonds is 3. The molecule has 0 fully saturated rings. The van der Waals surface area contributed by atoms with Gasteiger partial charge in [0.25, 0.3) is 0 Å². The van der Waals surface area contributed by atoms with Crippen molar-refractivity contribution in [3.05, 3.63) is 48.5 Å². The molecule has 2 rings (SSSR count). The highest BCUT2D eigenvalue weighted by atomic mass is 32.2. The van der Waals surface area contributed by atoms with E-state index in [4.69, 9.17) is 10.5 Å². The van der Waals surface area contributed by atoms with Crippen LogP contribution in [0.1, 0.15) is 0 Å². The molecule has 3 nitrogen and oxygen atoms in total. The molecule has 88 valence electrons. The Morgan fingerprint density at radius 2 is 1.41 bits per heavy atom. The second-order valence-electron chi connectivity index (χ2n) is 3.51. The molecule has 0 amide bonds. The minimum absolute atomic E-state index is 0.667. The van der Waals surface area contributed by atoms with Crippen molar-refractivity contribution in [2.75, 3.05) is 12.8 Å². The van der Waals surface area contributed by atoms with Crippen LogP contribution in [0.5, 0.6) is 5.75 Å². The summed E-state index contributed by atoms with van der Waals surface area (Å²) < 4.78 is 17.2. The topological polar surface area (TPSA) is 52.3 Å². The molecule has 0 spiro atoms. The maximum atomic E-state index is 12.2. The highest BCUT2D eigenvalue weighted by molar-refractivity contribution is 7.85. The highest BCUT2D eigenvalue weighted by Gasteiger charge is 2.06. The standard InChI is InChI=1S/C13H13NO2S/c1-16-11-4-8-13(9-5-11)17(15)12-6-2-10(14)3-7-12/h2-9H,14H2,1H3. The van der Waals surface area contributed by atoms with Gasteiger partial charge in [-0.25, -0.2) is 4.21 Å². The van der Waals surface area contributed by atoms with Crippen LogP contribution in [0.3, 0.4) is 0 Å². The fraction of sp³-hybridized carbons (Fsp3) is 0.0769. The number of ether oxygens (including phenoxy) is 1. The Hall–Kier alpha value is -1.81. The summed E-state index contributed by atoms with van der Waals surface area (Å²) in [5, 5.41) is 0. The van der Waals surface area contributed by atoms with Crippen molar-refractivity contribution in [2.24, 2.45) is 0 Å². The van der Waals surface area contributed by atoms with Gasteiger partial charge in [0.05, 0.1) is 17.9 Å². The summed E-state index contributed by atoms with van der Waals surface area (Å²) in [6, 6.07) is 14.2. The molecular formula is C13H13NO2S. The quantitative estimate of drug-likeness (QED) is 0.848. The van der Waals surface area contributed by atoms with E-state index in [0.717, 1.165) is 15.5 Å². The van der Waals surface area contributed by atoms with Crippen LogP contribution in [0.2, 0.25) is 0 Å². The number of hydrogen-bond acceptors (Lipinski definition) is 3. The van der Waals surface area contributed by atoms with E-state index in [0.29, 0.717) is 5.69 Å². The molecule has 0 radical (unpaired) electrons. The lowest BCUT2D eigenvalue weighted by atomic mass is 10.3. The largest absolute Gasteiger partial charge is 0.497 e. The summed E-state index contributed by atoms with van der Waals surface area (Å²) in [4.78, 5) is 1.49. The van der Waals surface area contributed by atoms with E-state index in [1.807, 2.05) is 0 Å². The van der Waals surface area contributed by atoms with Gasteiger partial charge < -0.3 is 10.5 Å². The first-order valence-corrected chi connectivity index (χ1v) is 6.27. The van der Waals surface area contributed by atoms with Crippen LogP contribution < -0.4 is 10.5 Å². The van der Waals surface area contributed by atoms with Crippen LogP contribution in [-0.4, -0.2) is 11.3 Å². The summed E-state index contributed by atoms with van der Waals surface area (Å²) in [5.41, 5.74) is 6.26. The Labute approximate surface area is 103 Å². The van der Waals surface area contributed by atoms with Crippen LogP contribution in [-0.2, 0) is 10.8 Å². The molecule has 0 aliphatic carbocycles. The molecule has 2 N–H and O–H groups in total. The molecule has 4 heteroatoms. The highest BCUT2D eigenvalue weighted by Crippen LogP contribution is 2.20. The summed E-state index contributed by atoms with van der Waals surface area (Å²) in [6.07, 6.45) is 0. The van der Waals surface area contributed by atoms with Crippen molar-refractivity contribution in [1.29, 1.82) is 0 Å². The van der Waals surface area contributed by atoms with E-state index in [9.17, 15) is 4.21 Å². The SMILES string of the molecule is COc1ccc(S(=O)c2ccc(N)cc2)cc1. The molecule has 0 aromatic heterocycles.